The van der Waals surface area contributed by atoms with Crippen LogP contribution in [0.3, 0.4) is 0 Å². The van der Waals surface area contributed by atoms with Gasteiger partial charge in [-0.2, -0.15) is 0 Å². The van der Waals surface area contributed by atoms with Crippen molar-refractivity contribution in [3.63, 3.8) is 0 Å². The summed E-state index contributed by atoms with van der Waals surface area (Å²) >= 11 is 3.71. The molecule has 1 aromatic carbocycles. The molecule has 1 aliphatic rings. The monoisotopic (exact) mass is 354 g/mol. The Labute approximate surface area is 137 Å². The van der Waals surface area contributed by atoms with E-state index in [1.54, 1.807) is 0 Å². The molecule has 0 saturated carbocycles. The Kier molecular flexibility index (Phi) is 6.52. The molecule has 1 fully saturated rings. The van der Waals surface area contributed by atoms with Gasteiger partial charge in [-0.05, 0) is 37.5 Å². The highest BCUT2D eigenvalue weighted by atomic mass is 79.9. The van der Waals surface area contributed by atoms with Gasteiger partial charge in [0.15, 0.2) is 0 Å². The topological polar surface area (TPSA) is 24.5 Å². The summed E-state index contributed by atoms with van der Waals surface area (Å²) in [6, 6.07) is 7.22. The van der Waals surface area contributed by atoms with Crippen LogP contribution in [-0.2, 0) is 11.3 Å². The second kappa shape index (κ2) is 8.16. The third kappa shape index (κ3) is 4.97. The number of nitrogens with zero attached hydrogens (tertiary/aromatic N) is 1. The molecule has 4 heteroatoms. The maximum absolute atomic E-state index is 5.72. The summed E-state index contributed by atoms with van der Waals surface area (Å²) in [6.45, 7) is 10.3. The third-order valence-corrected chi connectivity index (χ3v) is 4.69. The van der Waals surface area contributed by atoms with Crippen LogP contribution < -0.4 is 10.2 Å². The largest absolute Gasteiger partial charge is 0.378 e. The van der Waals surface area contributed by atoms with E-state index < -0.39 is 0 Å². The summed E-state index contributed by atoms with van der Waals surface area (Å²) in [5.74, 6) is 0. The summed E-state index contributed by atoms with van der Waals surface area (Å²) in [4.78, 5) is 2.46. The van der Waals surface area contributed by atoms with Gasteiger partial charge in [-0.15, -0.1) is 0 Å². The zero-order valence-electron chi connectivity index (χ0n) is 13.4. The molecule has 0 aromatic heterocycles. The van der Waals surface area contributed by atoms with E-state index in [-0.39, 0.29) is 0 Å². The number of rotatable bonds is 6. The lowest BCUT2D eigenvalue weighted by Gasteiger charge is -2.33. The molecule has 0 spiro atoms. The lowest BCUT2D eigenvalue weighted by atomic mass is 10.1. The van der Waals surface area contributed by atoms with Crippen molar-refractivity contribution in [2.24, 2.45) is 0 Å². The van der Waals surface area contributed by atoms with E-state index in [4.69, 9.17) is 4.74 Å². The Hall–Kier alpha value is -0.580. The number of hydrogen-bond donors (Lipinski definition) is 1. The van der Waals surface area contributed by atoms with E-state index in [1.807, 2.05) is 0 Å². The molecule has 1 N–H and O–H groups in total. The van der Waals surface area contributed by atoms with Crippen molar-refractivity contribution < 1.29 is 4.74 Å². The molecule has 1 heterocycles. The zero-order valence-corrected chi connectivity index (χ0v) is 14.9. The molecule has 21 heavy (non-hydrogen) atoms. The van der Waals surface area contributed by atoms with Crippen molar-refractivity contribution in [1.82, 2.24) is 5.32 Å². The molecule has 1 aliphatic heterocycles. The molecule has 3 nitrogen and oxygen atoms in total. The highest BCUT2D eigenvalue weighted by Crippen LogP contribution is 2.27. The number of nitrogens with one attached hydrogen (secondary N) is 1. The van der Waals surface area contributed by atoms with Crippen LogP contribution >= 0.6 is 15.9 Å². The van der Waals surface area contributed by atoms with Gasteiger partial charge in [0.1, 0.15) is 0 Å². The first-order valence-corrected chi connectivity index (χ1v) is 8.77. The van der Waals surface area contributed by atoms with Gasteiger partial charge in [0.25, 0.3) is 0 Å². The van der Waals surface area contributed by atoms with Gasteiger partial charge in [-0.3, -0.25) is 0 Å². The van der Waals surface area contributed by atoms with Gasteiger partial charge in [-0.1, -0.05) is 35.8 Å². The fraction of sp³-hybridized carbons (Fsp3) is 0.647. The van der Waals surface area contributed by atoms with Gasteiger partial charge >= 0.3 is 0 Å². The van der Waals surface area contributed by atoms with Gasteiger partial charge in [0.05, 0.1) is 6.10 Å². The SMILES string of the molecule is CCOC1CCN(c2ccc(CNC(C)C)c(Br)c2)CC1. The molecule has 0 aliphatic carbocycles. The summed E-state index contributed by atoms with van der Waals surface area (Å²) in [7, 11) is 0. The Morgan fingerprint density at radius 3 is 2.62 bits per heavy atom. The van der Waals surface area contributed by atoms with Crippen LogP contribution in [0.1, 0.15) is 39.2 Å². The van der Waals surface area contributed by atoms with Crippen LogP contribution in [0.25, 0.3) is 0 Å². The quantitative estimate of drug-likeness (QED) is 0.836. The molecule has 2 rings (SSSR count). The smallest absolute Gasteiger partial charge is 0.0608 e. The number of benzene rings is 1. The molecule has 1 saturated heterocycles. The van der Waals surface area contributed by atoms with E-state index in [0.717, 1.165) is 39.1 Å². The van der Waals surface area contributed by atoms with Crippen molar-refractivity contribution in [2.45, 2.75) is 52.3 Å². The molecule has 0 atom stereocenters. The lowest BCUT2D eigenvalue weighted by molar-refractivity contribution is 0.0459. The normalized spacial score (nSPS) is 16.7. The zero-order chi connectivity index (χ0) is 15.2. The van der Waals surface area contributed by atoms with Gasteiger partial charge in [-0.25, -0.2) is 0 Å². The average Bonchev–Trinajstić information content (AvgIpc) is 2.47. The molecule has 118 valence electrons. The molecule has 1 aromatic rings. The first-order valence-electron chi connectivity index (χ1n) is 7.98. The van der Waals surface area contributed by atoms with Crippen LogP contribution in [0.2, 0.25) is 0 Å². The fourth-order valence-electron chi connectivity index (χ4n) is 2.71. The van der Waals surface area contributed by atoms with E-state index in [0.29, 0.717) is 12.1 Å². The minimum atomic E-state index is 0.448. The number of ether oxygens (including phenoxy) is 1. The predicted molar refractivity (Wildman–Crippen MR) is 93.0 cm³/mol. The highest BCUT2D eigenvalue weighted by molar-refractivity contribution is 9.10. The van der Waals surface area contributed by atoms with Gasteiger partial charge < -0.3 is 15.0 Å². The molecule has 0 amide bonds. The standard InChI is InChI=1S/C17H27BrN2O/c1-4-21-16-7-9-20(10-8-16)15-6-5-14(17(18)11-15)12-19-13(2)3/h5-6,11,13,16,19H,4,7-10,12H2,1-3H3. The Morgan fingerprint density at radius 2 is 2.05 bits per heavy atom. The predicted octanol–water partition coefficient (Wildman–Crippen LogP) is 3.95. The van der Waals surface area contributed by atoms with E-state index >= 15 is 0 Å². The first-order chi connectivity index (χ1) is 10.1. The summed E-state index contributed by atoms with van der Waals surface area (Å²) in [5.41, 5.74) is 2.63. The Morgan fingerprint density at radius 1 is 1.33 bits per heavy atom. The highest BCUT2D eigenvalue weighted by Gasteiger charge is 2.19. The maximum Gasteiger partial charge on any atom is 0.0608 e. The van der Waals surface area contributed by atoms with Crippen molar-refractivity contribution in [2.75, 3.05) is 24.6 Å². The Bertz CT molecular complexity index is 442. The Balaban J connectivity index is 1.94. The van der Waals surface area contributed by atoms with Crippen LogP contribution in [0.4, 0.5) is 5.69 Å². The van der Waals surface area contributed by atoms with Crippen LogP contribution in [-0.4, -0.2) is 31.8 Å². The molecule has 0 radical (unpaired) electrons. The van der Waals surface area contributed by atoms with E-state index in [9.17, 15) is 0 Å². The summed E-state index contributed by atoms with van der Waals surface area (Å²) in [6.07, 6.45) is 2.70. The van der Waals surface area contributed by atoms with Crippen molar-refractivity contribution in [3.8, 4) is 0 Å². The minimum Gasteiger partial charge on any atom is -0.378 e. The lowest BCUT2D eigenvalue weighted by Crippen LogP contribution is -2.37. The second-order valence-electron chi connectivity index (χ2n) is 5.95. The number of piperidine rings is 1. The number of halogens is 1. The first kappa shape index (κ1) is 16.8. The van der Waals surface area contributed by atoms with Crippen molar-refractivity contribution in [3.05, 3.63) is 28.2 Å². The van der Waals surface area contributed by atoms with E-state index in [1.165, 1.54) is 15.7 Å². The number of hydrogen-bond acceptors (Lipinski definition) is 3. The molecule has 0 bridgehead atoms. The van der Waals surface area contributed by atoms with Crippen LogP contribution in [0, 0.1) is 0 Å². The second-order valence-corrected chi connectivity index (χ2v) is 6.81. The van der Waals surface area contributed by atoms with Crippen LogP contribution in [0.15, 0.2) is 22.7 Å². The maximum atomic E-state index is 5.72. The minimum absolute atomic E-state index is 0.448. The third-order valence-electron chi connectivity index (χ3n) is 3.95. The number of anilines is 1. The molecular weight excluding hydrogens is 328 g/mol. The van der Waals surface area contributed by atoms with Crippen molar-refractivity contribution in [1.29, 1.82) is 0 Å². The van der Waals surface area contributed by atoms with Gasteiger partial charge in [0, 0.05) is 42.4 Å². The molecular formula is C17H27BrN2O. The summed E-state index contributed by atoms with van der Waals surface area (Å²) < 4.78 is 6.91. The van der Waals surface area contributed by atoms with Crippen molar-refractivity contribution >= 4 is 21.6 Å². The van der Waals surface area contributed by atoms with Crippen LogP contribution in [0.5, 0.6) is 0 Å². The summed E-state index contributed by atoms with van der Waals surface area (Å²) in [5, 5.41) is 3.46. The fourth-order valence-corrected chi connectivity index (χ4v) is 3.21. The van der Waals surface area contributed by atoms with E-state index in [2.05, 4.69) is 65.1 Å². The van der Waals surface area contributed by atoms with Gasteiger partial charge in [0.2, 0.25) is 0 Å². The average molecular weight is 355 g/mol. The molecule has 0 unspecified atom stereocenters.